The van der Waals surface area contributed by atoms with Crippen molar-refractivity contribution in [1.82, 2.24) is 0 Å². The van der Waals surface area contributed by atoms with Crippen molar-refractivity contribution >= 4 is 34.8 Å². The SMILES string of the molecule is CCOc1cccc(OCC)c1N(Cl)C(=O)C(N=Nc1ccc(OC)cc1OC)C(C)=O. The smallest absolute Gasteiger partial charge is 0.276 e. The number of hydrogen-bond acceptors (Lipinski definition) is 8. The maximum atomic E-state index is 13.1. The lowest BCUT2D eigenvalue weighted by Crippen LogP contribution is -2.36. The van der Waals surface area contributed by atoms with Crippen LogP contribution in [0.3, 0.4) is 0 Å². The number of azo groups is 1. The Bertz CT molecular complexity index is 958. The minimum absolute atomic E-state index is 0.186. The number of benzene rings is 2. The van der Waals surface area contributed by atoms with Crippen LogP contribution in [0, 0.1) is 0 Å². The van der Waals surface area contributed by atoms with Gasteiger partial charge in [-0.05, 0) is 45.0 Å². The molecule has 2 aromatic carbocycles. The first-order chi connectivity index (χ1) is 15.4. The third-order valence-corrected chi connectivity index (χ3v) is 4.57. The summed E-state index contributed by atoms with van der Waals surface area (Å²) in [6, 6.07) is 8.39. The quantitative estimate of drug-likeness (QED) is 0.271. The molecule has 2 rings (SSSR count). The molecule has 0 aromatic heterocycles. The lowest BCUT2D eigenvalue weighted by molar-refractivity contribution is -0.126. The summed E-state index contributed by atoms with van der Waals surface area (Å²) in [4.78, 5) is 25.4. The molecule has 172 valence electrons. The number of nitrogens with zero attached hydrogens (tertiary/aromatic N) is 3. The summed E-state index contributed by atoms with van der Waals surface area (Å²) in [5, 5.41) is 8.00. The molecule has 0 fully saturated rings. The molecular weight excluding hydrogens is 438 g/mol. The summed E-state index contributed by atoms with van der Waals surface area (Å²) in [6.45, 7) is 5.51. The molecule has 0 bridgehead atoms. The van der Waals surface area contributed by atoms with Gasteiger partial charge in [0, 0.05) is 17.8 Å². The molecule has 0 N–H and O–H groups in total. The summed E-state index contributed by atoms with van der Waals surface area (Å²) >= 11 is 6.39. The monoisotopic (exact) mass is 463 g/mol. The third-order valence-electron chi connectivity index (χ3n) is 4.24. The molecule has 0 aliphatic heterocycles. The summed E-state index contributed by atoms with van der Waals surface area (Å²) in [6.07, 6.45) is 0. The molecule has 0 heterocycles. The molecular formula is C22H26ClN3O6. The molecule has 9 nitrogen and oxygen atoms in total. The van der Waals surface area contributed by atoms with Gasteiger partial charge in [0.1, 0.15) is 34.4 Å². The van der Waals surface area contributed by atoms with Crippen LogP contribution in [-0.2, 0) is 9.59 Å². The Morgan fingerprint density at radius 1 is 1.00 bits per heavy atom. The van der Waals surface area contributed by atoms with Gasteiger partial charge in [-0.25, -0.2) is 4.42 Å². The molecule has 0 aliphatic carbocycles. The van der Waals surface area contributed by atoms with E-state index in [1.807, 2.05) is 0 Å². The van der Waals surface area contributed by atoms with Crippen molar-refractivity contribution in [1.29, 1.82) is 0 Å². The van der Waals surface area contributed by atoms with Gasteiger partial charge < -0.3 is 18.9 Å². The first-order valence-corrected chi connectivity index (χ1v) is 10.2. The van der Waals surface area contributed by atoms with E-state index in [2.05, 4.69) is 10.2 Å². The van der Waals surface area contributed by atoms with E-state index < -0.39 is 17.7 Å². The zero-order valence-corrected chi connectivity index (χ0v) is 19.4. The van der Waals surface area contributed by atoms with Gasteiger partial charge in [0.25, 0.3) is 5.91 Å². The number of methoxy groups -OCH3 is 2. The largest absolute Gasteiger partial charge is 0.497 e. The maximum Gasteiger partial charge on any atom is 0.276 e. The highest BCUT2D eigenvalue weighted by Crippen LogP contribution is 2.40. The number of Topliss-reactive ketones (excluding diaryl/α,β-unsaturated/α-hetero) is 1. The normalized spacial score (nSPS) is 11.7. The van der Waals surface area contributed by atoms with Gasteiger partial charge in [-0.15, -0.1) is 0 Å². The molecule has 0 spiro atoms. The standard InChI is InChI=1S/C22H26ClN3O6/c1-6-31-17-9-8-10-18(32-7-2)21(17)26(23)22(28)20(14(3)27)25-24-16-12-11-15(29-4)13-19(16)30-5/h8-13,20H,6-7H2,1-5H3. The zero-order chi connectivity index (χ0) is 23.7. The number of carbonyl (C=O) groups excluding carboxylic acids is 2. The number of ether oxygens (including phenoxy) is 4. The van der Waals surface area contributed by atoms with Gasteiger partial charge >= 0.3 is 0 Å². The molecule has 32 heavy (non-hydrogen) atoms. The van der Waals surface area contributed by atoms with Crippen LogP contribution in [0.5, 0.6) is 23.0 Å². The van der Waals surface area contributed by atoms with Gasteiger partial charge in [-0.3, -0.25) is 9.59 Å². The molecule has 0 radical (unpaired) electrons. The number of carbonyl (C=O) groups is 2. The van der Waals surface area contributed by atoms with Crippen molar-refractivity contribution in [3.63, 3.8) is 0 Å². The van der Waals surface area contributed by atoms with E-state index >= 15 is 0 Å². The minimum Gasteiger partial charge on any atom is -0.497 e. The van der Waals surface area contributed by atoms with E-state index in [1.165, 1.54) is 21.1 Å². The Labute approximate surface area is 192 Å². The number of amides is 1. The van der Waals surface area contributed by atoms with Crippen LogP contribution in [-0.4, -0.2) is 45.2 Å². The van der Waals surface area contributed by atoms with Gasteiger partial charge in [-0.1, -0.05) is 6.07 Å². The van der Waals surface area contributed by atoms with Crippen LogP contribution < -0.4 is 23.4 Å². The van der Waals surface area contributed by atoms with E-state index in [4.69, 9.17) is 30.7 Å². The summed E-state index contributed by atoms with van der Waals surface area (Å²) in [5.74, 6) is 0.247. The second kappa shape index (κ2) is 11.9. The van der Waals surface area contributed by atoms with E-state index in [1.54, 1.807) is 50.2 Å². The number of ketones is 1. The van der Waals surface area contributed by atoms with E-state index in [9.17, 15) is 9.59 Å². The fourth-order valence-electron chi connectivity index (χ4n) is 2.75. The van der Waals surface area contributed by atoms with Crippen molar-refractivity contribution in [3.8, 4) is 23.0 Å². The number of halogens is 1. The van der Waals surface area contributed by atoms with Crippen molar-refractivity contribution in [2.45, 2.75) is 26.8 Å². The Morgan fingerprint density at radius 2 is 1.62 bits per heavy atom. The van der Waals surface area contributed by atoms with Gasteiger partial charge in [0.15, 0.2) is 5.78 Å². The Kier molecular flexibility index (Phi) is 9.27. The number of hydrogen-bond donors (Lipinski definition) is 0. The molecule has 1 amide bonds. The van der Waals surface area contributed by atoms with Crippen molar-refractivity contribution in [2.24, 2.45) is 10.2 Å². The average Bonchev–Trinajstić information content (AvgIpc) is 2.79. The topological polar surface area (TPSA) is 99.0 Å². The molecule has 1 unspecified atom stereocenters. The molecule has 10 heteroatoms. The fourth-order valence-corrected chi connectivity index (χ4v) is 3.01. The lowest BCUT2D eigenvalue weighted by Gasteiger charge is -2.22. The van der Waals surface area contributed by atoms with Crippen LogP contribution in [0.2, 0.25) is 0 Å². The van der Waals surface area contributed by atoms with Crippen LogP contribution in [0.1, 0.15) is 20.8 Å². The zero-order valence-electron chi connectivity index (χ0n) is 18.6. The minimum atomic E-state index is -1.48. The second-order valence-corrected chi connectivity index (χ2v) is 6.69. The van der Waals surface area contributed by atoms with E-state index in [0.29, 0.717) is 41.9 Å². The number of anilines is 1. The maximum absolute atomic E-state index is 13.1. The third kappa shape index (κ3) is 5.88. The molecule has 2 aromatic rings. The predicted octanol–water partition coefficient (Wildman–Crippen LogP) is 4.73. The fraction of sp³-hybridized carbons (Fsp3) is 0.364. The first kappa shape index (κ1) is 24.9. The average molecular weight is 464 g/mol. The molecule has 1 atom stereocenters. The van der Waals surface area contributed by atoms with E-state index in [0.717, 1.165) is 4.42 Å². The Hall–Kier alpha value is -3.33. The first-order valence-electron chi connectivity index (χ1n) is 9.89. The summed E-state index contributed by atoms with van der Waals surface area (Å²) in [7, 11) is 2.98. The van der Waals surface area contributed by atoms with E-state index in [-0.39, 0.29) is 5.69 Å². The number of para-hydroxylation sites is 1. The van der Waals surface area contributed by atoms with Crippen molar-refractivity contribution in [3.05, 3.63) is 36.4 Å². The number of rotatable bonds is 11. The molecule has 0 aliphatic rings. The highest BCUT2D eigenvalue weighted by molar-refractivity contribution is 6.39. The lowest BCUT2D eigenvalue weighted by atomic mass is 10.2. The van der Waals surface area contributed by atoms with Crippen LogP contribution >= 0.6 is 11.8 Å². The Morgan fingerprint density at radius 3 is 2.12 bits per heavy atom. The Balaban J connectivity index is 2.41. The van der Waals surface area contributed by atoms with Gasteiger partial charge in [0.05, 0.1) is 27.4 Å². The highest BCUT2D eigenvalue weighted by atomic mass is 35.5. The van der Waals surface area contributed by atoms with Crippen LogP contribution in [0.15, 0.2) is 46.6 Å². The van der Waals surface area contributed by atoms with Gasteiger partial charge in [-0.2, -0.15) is 10.2 Å². The molecule has 0 saturated carbocycles. The van der Waals surface area contributed by atoms with Crippen molar-refractivity contribution in [2.75, 3.05) is 31.9 Å². The summed E-state index contributed by atoms with van der Waals surface area (Å²) in [5.41, 5.74) is 0.504. The summed E-state index contributed by atoms with van der Waals surface area (Å²) < 4.78 is 22.4. The van der Waals surface area contributed by atoms with Crippen LogP contribution in [0.4, 0.5) is 11.4 Å². The van der Waals surface area contributed by atoms with Crippen molar-refractivity contribution < 1.29 is 28.5 Å². The second-order valence-electron chi connectivity index (χ2n) is 6.35. The van der Waals surface area contributed by atoms with Crippen LogP contribution in [0.25, 0.3) is 0 Å². The van der Waals surface area contributed by atoms with Gasteiger partial charge in [0.2, 0.25) is 6.04 Å². The molecule has 0 saturated heterocycles. The highest BCUT2D eigenvalue weighted by Gasteiger charge is 2.32. The predicted molar refractivity (Wildman–Crippen MR) is 121 cm³/mol.